The van der Waals surface area contributed by atoms with E-state index in [2.05, 4.69) is 55.5 Å². The van der Waals surface area contributed by atoms with Crippen LogP contribution in [0.4, 0.5) is 0 Å². The van der Waals surface area contributed by atoms with Crippen molar-refractivity contribution in [2.24, 2.45) is 5.92 Å². The summed E-state index contributed by atoms with van der Waals surface area (Å²) >= 11 is 0. The second kappa shape index (κ2) is 5.19. The third kappa shape index (κ3) is 1.82. The SMILES string of the molecule is CC1c2ccccc2[C@@]2(P(=O)(c3ccccc3)c3ccccc3)C[C@@H]12. The normalized spacial score (nSPS) is 26.8. The molecule has 0 amide bonds. The standard InChI is InChI=1S/C23H21OP/c1-17-20-14-8-9-15-21(20)23(16-22(17)23)25(24,18-10-4-2-5-11-18)19-12-6-3-7-13-19/h2-15,17,22H,16H2,1H3/t17?,22-,23-/m0/s1. The fourth-order valence-corrected chi connectivity index (χ4v) is 9.19. The molecule has 3 aromatic rings. The van der Waals surface area contributed by atoms with E-state index >= 15 is 0 Å². The molecular formula is C23H21OP. The zero-order valence-corrected chi connectivity index (χ0v) is 15.2. The van der Waals surface area contributed by atoms with Gasteiger partial charge < -0.3 is 4.57 Å². The highest BCUT2D eigenvalue weighted by atomic mass is 31.2. The van der Waals surface area contributed by atoms with E-state index in [-0.39, 0.29) is 5.16 Å². The van der Waals surface area contributed by atoms with Crippen molar-refractivity contribution in [3.63, 3.8) is 0 Å². The first-order valence-electron chi connectivity index (χ1n) is 9.00. The minimum atomic E-state index is -2.78. The average Bonchev–Trinajstić information content (AvgIpc) is 3.40. The Morgan fingerprint density at radius 2 is 1.32 bits per heavy atom. The van der Waals surface area contributed by atoms with Gasteiger partial charge in [-0.2, -0.15) is 0 Å². The minimum absolute atomic E-state index is 0.217. The van der Waals surface area contributed by atoms with Crippen molar-refractivity contribution in [2.45, 2.75) is 24.4 Å². The van der Waals surface area contributed by atoms with Gasteiger partial charge in [-0.05, 0) is 29.4 Å². The van der Waals surface area contributed by atoms with Crippen LogP contribution in [0.5, 0.6) is 0 Å². The van der Waals surface area contributed by atoms with Crippen LogP contribution in [0.25, 0.3) is 0 Å². The molecule has 0 heterocycles. The Morgan fingerprint density at radius 3 is 1.92 bits per heavy atom. The summed E-state index contributed by atoms with van der Waals surface area (Å²) in [6.07, 6.45) is 1.03. The van der Waals surface area contributed by atoms with Crippen molar-refractivity contribution in [1.82, 2.24) is 0 Å². The topological polar surface area (TPSA) is 17.1 Å². The molecule has 0 radical (unpaired) electrons. The lowest BCUT2D eigenvalue weighted by Crippen LogP contribution is -2.26. The van der Waals surface area contributed by atoms with Crippen LogP contribution < -0.4 is 10.6 Å². The second-order valence-electron chi connectivity index (χ2n) is 7.39. The highest BCUT2D eigenvalue weighted by Gasteiger charge is 2.72. The summed E-state index contributed by atoms with van der Waals surface area (Å²) in [5.41, 5.74) is 2.72. The fraction of sp³-hybridized carbons (Fsp3) is 0.217. The van der Waals surface area contributed by atoms with Gasteiger partial charge in [-0.3, -0.25) is 0 Å². The summed E-state index contributed by atoms with van der Waals surface area (Å²) < 4.78 is 14.9. The molecule has 25 heavy (non-hydrogen) atoms. The van der Waals surface area contributed by atoms with Crippen molar-refractivity contribution in [3.8, 4) is 0 Å². The van der Waals surface area contributed by atoms with Crippen molar-refractivity contribution in [3.05, 3.63) is 96.1 Å². The van der Waals surface area contributed by atoms with Crippen LogP contribution in [0.1, 0.15) is 30.4 Å². The Kier molecular flexibility index (Phi) is 3.15. The molecule has 2 aliphatic rings. The number of hydrogen-bond donors (Lipinski definition) is 0. The summed E-state index contributed by atoms with van der Waals surface area (Å²) in [7, 11) is -2.78. The van der Waals surface area contributed by atoms with Crippen molar-refractivity contribution >= 4 is 17.8 Å². The first-order chi connectivity index (χ1) is 12.2. The van der Waals surface area contributed by atoms with Gasteiger partial charge >= 0.3 is 0 Å². The molecule has 0 bridgehead atoms. The maximum Gasteiger partial charge on any atom is 0.153 e. The summed E-state index contributed by atoms with van der Waals surface area (Å²) in [4.78, 5) is 0. The molecule has 5 rings (SSSR count). The summed E-state index contributed by atoms with van der Waals surface area (Å²) in [5, 5.41) is 1.77. The molecule has 0 spiro atoms. The molecule has 1 unspecified atom stereocenters. The van der Waals surface area contributed by atoms with E-state index in [1.807, 2.05) is 36.4 Å². The van der Waals surface area contributed by atoms with Gasteiger partial charge in [0.2, 0.25) is 0 Å². The quantitative estimate of drug-likeness (QED) is 0.609. The highest BCUT2D eigenvalue weighted by molar-refractivity contribution is 7.80. The molecule has 1 saturated carbocycles. The lowest BCUT2D eigenvalue weighted by atomic mass is 9.98. The van der Waals surface area contributed by atoms with Crippen LogP contribution in [0.15, 0.2) is 84.9 Å². The van der Waals surface area contributed by atoms with E-state index in [4.69, 9.17) is 0 Å². The van der Waals surface area contributed by atoms with E-state index < -0.39 is 7.14 Å². The molecule has 0 N–H and O–H groups in total. The number of rotatable bonds is 3. The second-order valence-corrected chi connectivity index (χ2v) is 10.4. The zero-order valence-electron chi connectivity index (χ0n) is 14.3. The third-order valence-electron chi connectivity index (χ3n) is 6.31. The van der Waals surface area contributed by atoms with Gasteiger partial charge in [0, 0.05) is 10.6 Å². The zero-order chi connectivity index (χ0) is 17.1. The maximum absolute atomic E-state index is 14.9. The summed E-state index contributed by atoms with van der Waals surface area (Å²) in [5.74, 6) is 0.966. The number of fused-ring (bicyclic) bond motifs is 3. The molecule has 0 aliphatic heterocycles. The molecule has 0 aromatic heterocycles. The van der Waals surface area contributed by atoms with Crippen LogP contribution in [-0.4, -0.2) is 0 Å². The average molecular weight is 344 g/mol. The first-order valence-corrected chi connectivity index (χ1v) is 10.7. The molecule has 124 valence electrons. The monoisotopic (exact) mass is 344 g/mol. The van der Waals surface area contributed by atoms with Crippen LogP contribution in [0.2, 0.25) is 0 Å². The third-order valence-corrected chi connectivity index (χ3v) is 10.2. The highest BCUT2D eigenvalue weighted by Crippen LogP contribution is 2.83. The maximum atomic E-state index is 14.9. The van der Waals surface area contributed by atoms with Crippen LogP contribution in [0, 0.1) is 5.92 Å². The Morgan fingerprint density at radius 1 is 0.800 bits per heavy atom. The van der Waals surface area contributed by atoms with Gasteiger partial charge in [0.25, 0.3) is 0 Å². The molecule has 3 atom stereocenters. The Bertz CT molecular complexity index is 936. The Labute approximate surface area is 149 Å². The van der Waals surface area contributed by atoms with Gasteiger partial charge in [0.1, 0.15) is 0 Å². The first kappa shape index (κ1) is 15.2. The van der Waals surface area contributed by atoms with Crippen molar-refractivity contribution in [2.75, 3.05) is 0 Å². The Hall–Kier alpha value is -2.11. The van der Waals surface area contributed by atoms with Gasteiger partial charge in [0.05, 0.1) is 5.16 Å². The molecular weight excluding hydrogens is 323 g/mol. The van der Waals surface area contributed by atoms with E-state index in [0.29, 0.717) is 11.8 Å². The van der Waals surface area contributed by atoms with Crippen molar-refractivity contribution < 1.29 is 4.57 Å². The van der Waals surface area contributed by atoms with Gasteiger partial charge in [-0.25, -0.2) is 0 Å². The molecule has 2 heteroatoms. The lowest BCUT2D eigenvalue weighted by molar-refractivity contribution is 0.571. The van der Waals surface area contributed by atoms with E-state index in [1.54, 1.807) is 0 Å². The lowest BCUT2D eigenvalue weighted by Gasteiger charge is -2.29. The van der Waals surface area contributed by atoms with E-state index in [1.165, 1.54) is 11.1 Å². The predicted molar refractivity (Wildman–Crippen MR) is 104 cm³/mol. The largest absolute Gasteiger partial charge is 0.313 e. The van der Waals surface area contributed by atoms with E-state index in [9.17, 15) is 4.57 Å². The Balaban J connectivity index is 1.81. The minimum Gasteiger partial charge on any atom is -0.313 e. The molecule has 2 aliphatic carbocycles. The van der Waals surface area contributed by atoms with Crippen LogP contribution in [-0.2, 0) is 9.72 Å². The van der Waals surface area contributed by atoms with E-state index in [0.717, 1.165) is 17.0 Å². The van der Waals surface area contributed by atoms with Crippen LogP contribution in [0.3, 0.4) is 0 Å². The predicted octanol–water partition coefficient (Wildman–Crippen LogP) is 5.03. The molecule has 1 fully saturated rings. The molecule has 1 nitrogen and oxygen atoms in total. The smallest absolute Gasteiger partial charge is 0.153 e. The van der Waals surface area contributed by atoms with Crippen molar-refractivity contribution in [1.29, 1.82) is 0 Å². The van der Waals surface area contributed by atoms with Gasteiger partial charge in [-0.15, -0.1) is 0 Å². The number of benzene rings is 3. The number of hydrogen-bond acceptors (Lipinski definition) is 1. The molecule has 3 aromatic carbocycles. The van der Waals surface area contributed by atoms with Gasteiger partial charge in [0.15, 0.2) is 7.14 Å². The fourth-order valence-electron chi connectivity index (χ4n) is 5.10. The van der Waals surface area contributed by atoms with Crippen LogP contribution >= 0.6 is 7.14 Å². The summed E-state index contributed by atoms with van der Waals surface area (Å²) in [6, 6.07) is 29.0. The van der Waals surface area contributed by atoms with Gasteiger partial charge in [-0.1, -0.05) is 91.9 Å². The molecule has 0 saturated heterocycles. The summed E-state index contributed by atoms with van der Waals surface area (Å²) in [6.45, 7) is 2.30.